The fraction of sp³-hybridized carbons (Fsp3) is 0.0833. The summed E-state index contributed by atoms with van der Waals surface area (Å²) < 4.78 is 5.02. The minimum absolute atomic E-state index is 0.240. The molecule has 0 spiro atoms. The molecular formula is C12H11ClN2O2S. The second kappa shape index (κ2) is 5.29. The lowest BCUT2D eigenvalue weighted by Gasteiger charge is -2.06. The van der Waals surface area contributed by atoms with Gasteiger partial charge in [-0.3, -0.25) is 4.79 Å². The summed E-state index contributed by atoms with van der Waals surface area (Å²) in [7, 11) is 1.55. The first-order valence-corrected chi connectivity index (χ1v) is 6.35. The number of hydrogen-bond donors (Lipinski definition) is 2. The largest absolute Gasteiger partial charge is 0.496 e. The second-order valence-corrected chi connectivity index (χ2v) is 4.86. The number of thiophene rings is 1. The topological polar surface area (TPSA) is 64.3 Å². The summed E-state index contributed by atoms with van der Waals surface area (Å²) in [6.07, 6.45) is 0. The van der Waals surface area contributed by atoms with E-state index in [1.165, 1.54) is 11.3 Å². The first-order chi connectivity index (χ1) is 8.60. The Balaban J connectivity index is 2.18. The van der Waals surface area contributed by atoms with Gasteiger partial charge in [-0.2, -0.15) is 0 Å². The Morgan fingerprint density at radius 2 is 2.22 bits per heavy atom. The molecule has 0 aliphatic heterocycles. The van der Waals surface area contributed by atoms with E-state index in [9.17, 15) is 4.79 Å². The fourth-order valence-electron chi connectivity index (χ4n) is 1.37. The highest BCUT2D eigenvalue weighted by atomic mass is 35.5. The van der Waals surface area contributed by atoms with Crippen LogP contribution in [0.15, 0.2) is 29.6 Å². The third kappa shape index (κ3) is 2.75. The predicted molar refractivity (Wildman–Crippen MR) is 74.7 cm³/mol. The molecule has 2 aromatic rings. The summed E-state index contributed by atoms with van der Waals surface area (Å²) in [5, 5.41) is 4.91. The van der Waals surface area contributed by atoms with Gasteiger partial charge >= 0.3 is 0 Å². The van der Waals surface area contributed by atoms with Crippen LogP contribution in [-0.4, -0.2) is 13.0 Å². The van der Waals surface area contributed by atoms with E-state index in [-0.39, 0.29) is 5.91 Å². The van der Waals surface area contributed by atoms with E-state index in [0.29, 0.717) is 27.0 Å². The summed E-state index contributed by atoms with van der Waals surface area (Å²) in [5.74, 6) is 0.416. The van der Waals surface area contributed by atoms with Crippen molar-refractivity contribution in [3.8, 4) is 5.75 Å². The number of methoxy groups -OCH3 is 1. The van der Waals surface area contributed by atoms with Gasteiger partial charge in [0, 0.05) is 17.1 Å². The van der Waals surface area contributed by atoms with Crippen molar-refractivity contribution in [2.75, 3.05) is 18.2 Å². The van der Waals surface area contributed by atoms with E-state index in [1.54, 1.807) is 36.8 Å². The van der Waals surface area contributed by atoms with Crippen LogP contribution in [0.3, 0.4) is 0 Å². The van der Waals surface area contributed by atoms with Gasteiger partial charge in [-0.25, -0.2) is 0 Å². The van der Waals surface area contributed by atoms with Gasteiger partial charge in [0.2, 0.25) is 0 Å². The standard InChI is InChI=1S/C12H11ClN2O2S/c1-17-8-5-11(18-6-8)12(16)15-10-4-7(14)2-3-9(10)13/h2-6H,14H2,1H3,(H,15,16). The Hall–Kier alpha value is -1.72. The number of amides is 1. The number of anilines is 2. The molecule has 3 N–H and O–H groups in total. The van der Waals surface area contributed by atoms with Gasteiger partial charge in [0.1, 0.15) is 5.75 Å². The van der Waals surface area contributed by atoms with Crippen LogP contribution < -0.4 is 15.8 Å². The van der Waals surface area contributed by atoms with Crippen molar-refractivity contribution in [1.29, 1.82) is 0 Å². The molecule has 4 nitrogen and oxygen atoms in total. The monoisotopic (exact) mass is 282 g/mol. The number of ether oxygens (including phenoxy) is 1. The van der Waals surface area contributed by atoms with Crippen LogP contribution in [0.5, 0.6) is 5.75 Å². The molecule has 6 heteroatoms. The van der Waals surface area contributed by atoms with Crippen molar-refractivity contribution in [3.05, 3.63) is 39.5 Å². The Morgan fingerprint density at radius 1 is 1.44 bits per heavy atom. The van der Waals surface area contributed by atoms with Gasteiger partial charge in [-0.15, -0.1) is 11.3 Å². The lowest BCUT2D eigenvalue weighted by Crippen LogP contribution is -2.10. The summed E-state index contributed by atoms with van der Waals surface area (Å²) in [5.41, 5.74) is 6.67. The van der Waals surface area contributed by atoms with E-state index in [2.05, 4.69) is 5.32 Å². The van der Waals surface area contributed by atoms with Crippen LogP contribution in [0.1, 0.15) is 9.67 Å². The van der Waals surface area contributed by atoms with E-state index >= 15 is 0 Å². The molecule has 0 saturated carbocycles. The number of nitrogens with two attached hydrogens (primary N) is 1. The van der Waals surface area contributed by atoms with Gasteiger partial charge in [0.25, 0.3) is 5.91 Å². The zero-order valence-electron chi connectivity index (χ0n) is 9.57. The Kier molecular flexibility index (Phi) is 3.74. The number of halogens is 1. The Morgan fingerprint density at radius 3 is 2.89 bits per heavy atom. The third-order valence-corrected chi connectivity index (χ3v) is 3.51. The summed E-state index contributed by atoms with van der Waals surface area (Å²) in [6.45, 7) is 0. The molecular weight excluding hydrogens is 272 g/mol. The van der Waals surface area contributed by atoms with E-state index < -0.39 is 0 Å². The molecule has 0 radical (unpaired) electrons. The van der Waals surface area contributed by atoms with E-state index in [4.69, 9.17) is 22.1 Å². The number of carbonyl (C=O) groups excluding carboxylic acids is 1. The number of nitrogen functional groups attached to an aromatic ring is 1. The Bertz CT molecular complexity index is 583. The van der Waals surface area contributed by atoms with Crippen molar-refractivity contribution in [2.45, 2.75) is 0 Å². The summed E-state index contributed by atoms with van der Waals surface area (Å²) >= 11 is 7.27. The molecule has 1 aromatic carbocycles. The lowest BCUT2D eigenvalue weighted by molar-refractivity contribution is 0.103. The maximum Gasteiger partial charge on any atom is 0.265 e. The van der Waals surface area contributed by atoms with Crippen molar-refractivity contribution in [1.82, 2.24) is 0 Å². The molecule has 0 atom stereocenters. The first-order valence-electron chi connectivity index (χ1n) is 5.09. The highest BCUT2D eigenvalue weighted by Gasteiger charge is 2.11. The molecule has 0 aliphatic rings. The van der Waals surface area contributed by atoms with Crippen molar-refractivity contribution in [2.24, 2.45) is 0 Å². The zero-order chi connectivity index (χ0) is 13.1. The molecule has 18 heavy (non-hydrogen) atoms. The third-order valence-electron chi connectivity index (χ3n) is 2.27. The van der Waals surface area contributed by atoms with E-state index in [1.807, 2.05) is 0 Å². The van der Waals surface area contributed by atoms with Crippen LogP contribution in [0.4, 0.5) is 11.4 Å². The van der Waals surface area contributed by atoms with Gasteiger partial charge in [-0.05, 0) is 18.2 Å². The van der Waals surface area contributed by atoms with Gasteiger partial charge < -0.3 is 15.8 Å². The second-order valence-electron chi connectivity index (χ2n) is 3.54. The van der Waals surface area contributed by atoms with Crippen molar-refractivity contribution < 1.29 is 9.53 Å². The SMILES string of the molecule is COc1csc(C(=O)Nc2cc(N)ccc2Cl)c1. The zero-order valence-corrected chi connectivity index (χ0v) is 11.1. The van der Waals surface area contributed by atoms with Crippen LogP contribution in [0, 0.1) is 0 Å². The number of hydrogen-bond acceptors (Lipinski definition) is 4. The minimum Gasteiger partial charge on any atom is -0.496 e. The van der Waals surface area contributed by atoms with Crippen molar-refractivity contribution >= 4 is 40.2 Å². The normalized spacial score (nSPS) is 10.1. The first kappa shape index (κ1) is 12.7. The van der Waals surface area contributed by atoms with Crippen LogP contribution in [-0.2, 0) is 0 Å². The fourth-order valence-corrected chi connectivity index (χ4v) is 2.28. The Labute approximate surface area is 113 Å². The summed E-state index contributed by atoms with van der Waals surface area (Å²) in [6, 6.07) is 6.60. The molecule has 0 fully saturated rings. The molecule has 94 valence electrons. The lowest BCUT2D eigenvalue weighted by atomic mass is 10.2. The molecule has 1 aromatic heterocycles. The molecule has 0 saturated heterocycles. The minimum atomic E-state index is -0.240. The van der Waals surface area contributed by atoms with Crippen molar-refractivity contribution in [3.63, 3.8) is 0 Å². The van der Waals surface area contributed by atoms with Gasteiger partial charge in [0.05, 0.1) is 22.7 Å². The molecule has 2 rings (SSSR count). The molecule has 0 unspecified atom stereocenters. The maximum absolute atomic E-state index is 12.0. The average Bonchev–Trinajstić information content (AvgIpc) is 2.82. The molecule has 0 aliphatic carbocycles. The van der Waals surface area contributed by atoms with Crippen LogP contribution in [0.25, 0.3) is 0 Å². The van der Waals surface area contributed by atoms with Crippen LogP contribution in [0.2, 0.25) is 5.02 Å². The molecule has 0 bridgehead atoms. The van der Waals surface area contributed by atoms with E-state index in [0.717, 1.165) is 0 Å². The number of carbonyl (C=O) groups is 1. The quantitative estimate of drug-likeness (QED) is 0.850. The number of benzene rings is 1. The molecule has 1 amide bonds. The average molecular weight is 283 g/mol. The predicted octanol–water partition coefficient (Wildman–Crippen LogP) is 3.24. The highest BCUT2D eigenvalue weighted by molar-refractivity contribution is 7.12. The number of nitrogens with one attached hydrogen (secondary N) is 1. The summed E-state index contributed by atoms with van der Waals surface area (Å²) in [4.78, 5) is 12.5. The van der Waals surface area contributed by atoms with Gasteiger partial charge in [-0.1, -0.05) is 11.6 Å². The maximum atomic E-state index is 12.0. The van der Waals surface area contributed by atoms with Gasteiger partial charge in [0.15, 0.2) is 0 Å². The highest BCUT2D eigenvalue weighted by Crippen LogP contribution is 2.26. The van der Waals surface area contributed by atoms with Crippen LogP contribution >= 0.6 is 22.9 Å². The smallest absolute Gasteiger partial charge is 0.265 e. The number of rotatable bonds is 3. The molecule has 1 heterocycles.